The molecule has 1 aliphatic rings. The van der Waals surface area contributed by atoms with Gasteiger partial charge < -0.3 is 10.1 Å². The molecule has 2 rings (SSSR count). The highest BCUT2D eigenvalue weighted by atomic mass is 32.2. The molecule has 3 heteroatoms. The molecule has 0 radical (unpaired) electrons. The minimum Gasteiger partial charge on any atom is -0.495 e. The summed E-state index contributed by atoms with van der Waals surface area (Å²) in [6, 6.07) is 6.20. The van der Waals surface area contributed by atoms with E-state index in [4.69, 9.17) is 4.74 Å². The molecule has 14 heavy (non-hydrogen) atoms. The van der Waals surface area contributed by atoms with E-state index in [9.17, 15) is 0 Å². The minimum absolute atomic E-state index is 0.677. The van der Waals surface area contributed by atoms with Crippen LogP contribution in [0.5, 0.6) is 5.75 Å². The molecule has 1 N–H and O–H groups in total. The van der Waals surface area contributed by atoms with Gasteiger partial charge in [0.1, 0.15) is 5.75 Å². The van der Waals surface area contributed by atoms with E-state index in [1.165, 1.54) is 11.3 Å². The number of hydrogen-bond donors (Lipinski definition) is 1. The molecule has 1 atom stereocenters. The first-order chi connectivity index (χ1) is 6.81. The Bertz CT molecular complexity index is 327. The third kappa shape index (κ3) is 1.82. The van der Waals surface area contributed by atoms with Gasteiger partial charge in [-0.15, -0.1) is 11.8 Å². The number of anilines is 1. The van der Waals surface area contributed by atoms with Gasteiger partial charge in [-0.2, -0.15) is 0 Å². The standard InChI is InChI=1S/C11H15NOS/c1-8-6-7-12-11-9(13-2)4-3-5-10(11)14-8/h3-5,8,12H,6-7H2,1-2H3. The molecule has 0 saturated heterocycles. The number of ether oxygens (including phenoxy) is 1. The molecule has 76 valence electrons. The fourth-order valence-corrected chi connectivity index (χ4v) is 2.75. The summed E-state index contributed by atoms with van der Waals surface area (Å²) in [4.78, 5) is 1.30. The van der Waals surface area contributed by atoms with E-state index in [1.54, 1.807) is 7.11 Å². The first kappa shape index (κ1) is 9.71. The number of para-hydroxylation sites is 1. The maximum atomic E-state index is 5.33. The molecule has 0 spiro atoms. The molecular weight excluding hydrogens is 194 g/mol. The van der Waals surface area contributed by atoms with Gasteiger partial charge in [-0.05, 0) is 18.6 Å². The van der Waals surface area contributed by atoms with E-state index in [2.05, 4.69) is 18.3 Å². The number of hydrogen-bond acceptors (Lipinski definition) is 3. The van der Waals surface area contributed by atoms with Crippen molar-refractivity contribution in [3.05, 3.63) is 18.2 Å². The third-order valence-corrected chi connectivity index (χ3v) is 3.62. The van der Waals surface area contributed by atoms with Crippen LogP contribution in [0.1, 0.15) is 13.3 Å². The third-order valence-electron chi connectivity index (χ3n) is 2.39. The summed E-state index contributed by atoms with van der Waals surface area (Å²) in [5, 5.41) is 4.11. The van der Waals surface area contributed by atoms with Crippen molar-refractivity contribution in [1.29, 1.82) is 0 Å². The van der Waals surface area contributed by atoms with Crippen LogP contribution in [0.2, 0.25) is 0 Å². The van der Waals surface area contributed by atoms with Crippen LogP contribution in [0.4, 0.5) is 5.69 Å². The SMILES string of the molecule is COc1cccc2c1NCCC(C)S2. The Kier molecular flexibility index (Phi) is 2.87. The van der Waals surface area contributed by atoms with Crippen LogP contribution >= 0.6 is 11.8 Å². The van der Waals surface area contributed by atoms with Crippen LogP contribution in [0, 0.1) is 0 Å². The highest BCUT2D eigenvalue weighted by molar-refractivity contribution is 8.00. The summed E-state index contributed by atoms with van der Waals surface area (Å²) in [6.07, 6.45) is 1.20. The quantitative estimate of drug-likeness (QED) is 0.768. The zero-order valence-corrected chi connectivity index (χ0v) is 9.36. The molecule has 0 saturated carbocycles. The lowest BCUT2D eigenvalue weighted by Crippen LogP contribution is -2.04. The van der Waals surface area contributed by atoms with Crippen LogP contribution in [-0.2, 0) is 0 Å². The summed E-state index contributed by atoms with van der Waals surface area (Å²) in [7, 11) is 1.72. The van der Waals surface area contributed by atoms with Crippen LogP contribution in [0.15, 0.2) is 23.1 Å². The van der Waals surface area contributed by atoms with Crippen molar-refractivity contribution < 1.29 is 4.74 Å². The van der Waals surface area contributed by atoms with Crippen molar-refractivity contribution in [2.24, 2.45) is 0 Å². The maximum absolute atomic E-state index is 5.33. The summed E-state index contributed by atoms with van der Waals surface area (Å²) in [5.41, 5.74) is 1.16. The lowest BCUT2D eigenvalue weighted by atomic mass is 10.2. The Morgan fingerprint density at radius 2 is 2.36 bits per heavy atom. The smallest absolute Gasteiger partial charge is 0.143 e. The van der Waals surface area contributed by atoms with Gasteiger partial charge in [-0.3, -0.25) is 0 Å². The van der Waals surface area contributed by atoms with Crippen LogP contribution in [0.25, 0.3) is 0 Å². The summed E-state index contributed by atoms with van der Waals surface area (Å²) in [6.45, 7) is 3.29. The second kappa shape index (κ2) is 4.13. The molecule has 0 aromatic heterocycles. The molecule has 1 aliphatic heterocycles. The van der Waals surface area contributed by atoms with Gasteiger partial charge in [0.15, 0.2) is 0 Å². The number of fused-ring (bicyclic) bond motifs is 1. The number of methoxy groups -OCH3 is 1. The largest absolute Gasteiger partial charge is 0.495 e. The average molecular weight is 209 g/mol. The monoisotopic (exact) mass is 209 g/mol. The number of thioether (sulfide) groups is 1. The molecule has 0 amide bonds. The first-order valence-corrected chi connectivity index (χ1v) is 5.77. The van der Waals surface area contributed by atoms with E-state index in [0.717, 1.165) is 18.0 Å². The molecule has 0 fully saturated rings. The Hall–Kier alpha value is -0.830. The average Bonchev–Trinajstić information content (AvgIpc) is 2.37. The fourth-order valence-electron chi connectivity index (χ4n) is 1.63. The van der Waals surface area contributed by atoms with E-state index >= 15 is 0 Å². The molecule has 2 nitrogen and oxygen atoms in total. The van der Waals surface area contributed by atoms with Crippen molar-refractivity contribution in [3.8, 4) is 5.75 Å². The topological polar surface area (TPSA) is 21.3 Å². The van der Waals surface area contributed by atoms with E-state index in [0.29, 0.717) is 5.25 Å². The number of nitrogens with one attached hydrogen (secondary N) is 1. The van der Waals surface area contributed by atoms with Crippen molar-refractivity contribution >= 4 is 17.4 Å². The second-order valence-electron chi connectivity index (χ2n) is 3.48. The molecule has 0 aliphatic carbocycles. The van der Waals surface area contributed by atoms with Crippen LogP contribution in [0.3, 0.4) is 0 Å². The van der Waals surface area contributed by atoms with Gasteiger partial charge >= 0.3 is 0 Å². The normalized spacial score (nSPS) is 20.6. The van der Waals surface area contributed by atoms with E-state index in [-0.39, 0.29) is 0 Å². The van der Waals surface area contributed by atoms with Crippen molar-refractivity contribution in [1.82, 2.24) is 0 Å². The lowest BCUT2D eigenvalue weighted by Gasteiger charge is -2.11. The van der Waals surface area contributed by atoms with Gasteiger partial charge in [-0.25, -0.2) is 0 Å². The molecule has 1 aromatic carbocycles. The minimum atomic E-state index is 0.677. The zero-order valence-electron chi connectivity index (χ0n) is 8.54. The predicted octanol–water partition coefficient (Wildman–Crippen LogP) is 2.99. The van der Waals surface area contributed by atoms with E-state index in [1.807, 2.05) is 23.9 Å². The van der Waals surface area contributed by atoms with Gasteiger partial charge in [0, 0.05) is 16.7 Å². The fraction of sp³-hybridized carbons (Fsp3) is 0.455. The molecule has 1 unspecified atom stereocenters. The molecular formula is C11H15NOS. The Labute approximate surface area is 89.0 Å². The lowest BCUT2D eigenvalue weighted by molar-refractivity contribution is 0.415. The highest BCUT2D eigenvalue weighted by Gasteiger charge is 2.15. The van der Waals surface area contributed by atoms with Crippen molar-refractivity contribution in [3.63, 3.8) is 0 Å². The molecule has 1 heterocycles. The van der Waals surface area contributed by atoms with Crippen LogP contribution in [-0.4, -0.2) is 18.9 Å². The summed E-state index contributed by atoms with van der Waals surface area (Å²) in [5.74, 6) is 0.948. The van der Waals surface area contributed by atoms with Gasteiger partial charge in [-0.1, -0.05) is 13.0 Å². The summed E-state index contributed by atoms with van der Waals surface area (Å²) >= 11 is 1.92. The van der Waals surface area contributed by atoms with E-state index < -0.39 is 0 Å². The zero-order chi connectivity index (χ0) is 9.97. The van der Waals surface area contributed by atoms with Crippen LogP contribution < -0.4 is 10.1 Å². The second-order valence-corrected chi connectivity index (χ2v) is 4.96. The van der Waals surface area contributed by atoms with Gasteiger partial charge in [0.2, 0.25) is 0 Å². The Morgan fingerprint density at radius 3 is 3.14 bits per heavy atom. The van der Waals surface area contributed by atoms with Crippen molar-refractivity contribution in [2.75, 3.05) is 19.0 Å². The van der Waals surface area contributed by atoms with Crippen molar-refractivity contribution in [2.45, 2.75) is 23.5 Å². The van der Waals surface area contributed by atoms with Gasteiger partial charge in [0.25, 0.3) is 0 Å². The number of rotatable bonds is 1. The Balaban J connectivity index is 2.38. The number of benzene rings is 1. The van der Waals surface area contributed by atoms with Gasteiger partial charge in [0.05, 0.1) is 12.8 Å². The maximum Gasteiger partial charge on any atom is 0.143 e. The Morgan fingerprint density at radius 1 is 1.50 bits per heavy atom. The first-order valence-electron chi connectivity index (χ1n) is 4.89. The summed E-state index contributed by atoms with van der Waals surface area (Å²) < 4.78 is 5.33. The predicted molar refractivity (Wildman–Crippen MR) is 61.4 cm³/mol. The molecule has 0 bridgehead atoms. The molecule has 1 aromatic rings. The highest BCUT2D eigenvalue weighted by Crippen LogP contribution is 2.39.